The summed E-state index contributed by atoms with van der Waals surface area (Å²) in [5.41, 5.74) is 4.32. The number of nitrogens with zero attached hydrogens (tertiary/aromatic N) is 5. The van der Waals surface area contributed by atoms with E-state index < -0.39 is 0 Å². The molecule has 1 aliphatic rings. The highest BCUT2D eigenvalue weighted by Gasteiger charge is 2.29. The summed E-state index contributed by atoms with van der Waals surface area (Å²) in [4.78, 5) is 27.9. The molecule has 0 radical (unpaired) electrons. The Bertz CT molecular complexity index is 1560. The lowest BCUT2D eigenvalue weighted by Crippen LogP contribution is -2.47. The average Bonchev–Trinajstić information content (AvgIpc) is 3.60. The topological polar surface area (TPSA) is 93.8 Å². The number of carbonyl (C=O) groups excluding carboxylic acids is 1. The van der Waals surface area contributed by atoms with Gasteiger partial charge < -0.3 is 23.8 Å². The molecule has 1 fully saturated rings. The van der Waals surface area contributed by atoms with Crippen molar-refractivity contribution in [3.63, 3.8) is 0 Å². The van der Waals surface area contributed by atoms with Gasteiger partial charge in [-0.25, -0.2) is 0 Å². The summed E-state index contributed by atoms with van der Waals surface area (Å²) >= 11 is 0. The van der Waals surface area contributed by atoms with E-state index in [1.54, 1.807) is 14.2 Å². The van der Waals surface area contributed by atoms with Crippen molar-refractivity contribution in [2.24, 2.45) is 5.92 Å². The number of benzene rings is 2. The maximum Gasteiger partial charge on any atom is 0.272 e. The van der Waals surface area contributed by atoms with Crippen molar-refractivity contribution >= 4 is 5.91 Å². The Labute approximate surface area is 279 Å². The Hall–Kier alpha value is -4.24. The number of ether oxygens (including phenoxy) is 2. The molecule has 9 heteroatoms. The second-order valence-electron chi connectivity index (χ2n) is 12.9. The van der Waals surface area contributed by atoms with Crippen LogP contribution in [0.15, 0.2) is 65.3 Å². The van der Waals surface area contributed by atoms with Crippen LogP contribution in [-0.4, -0.2) is 70.7 Å². The average molecular weight is 640 g/mol. The Morgan fingerprint density at radius 3 is 2.34 bits per heavy atom. The maximum atomic E-state index is 14.0. The van der Waals surface area contributed by atoms with Crippen LogP contribution in [0.3, 0.4) is 0 Å². The van der Waals surface area contributed by atoms with Crippen LogP contribution in [0.4, 0.5) is 0 Å². The molecule has 0 atom stereocenters. The highest BCUT2D eigenvalue weighted by Crippen LogP contribution is 2.32. The lowest BCUT2D eigenvalue weighted by Gasteiger charge is -2.38. The maximum absolute atomic E-state index is 14.0. The monoisotopic (exact) mass is 639 g/mol. The quantitative estimate of drug-likeness (QED) is 0.122. The van der Waals surface area contributed by atoms with E-state index in [-0.39, 0.29) is 11.9 Å². The van der Waals surface area contributed by atoms with Gasteiger partial charge in [0.25, 0.3) is 11.8 Å². The minimum atomic E-state index is -0.00690. The van der Waals surface area contributed by atoms with Crippen molar-refractivity contribution in [2.45, 2.75) is 78.3 Å². The molecule has 2 aromatic carbocycles. The third-order valence-electron chi connectivity index (χ3n) is 9.02. The van der Waals surface area contributed by atoms with Crippen LogP contribution in [0.5, 0.6) is 11.5 Å². The SMILES string of the molecule is CCCCCc1ccc(C(=O)N(Cc2ccc(-c3noc(-c4ccc(OC)c(OC)c4)n3)cc2)C2CCN(CCC(C)C)CC2)nc1. The fraction of sp³-hybridized carbons (Fsp3) is 0.474. The molecule has 0 unspecified atom stereocenters. The van der Waals surface area contributed by atoms with Gasteiger partial charge in [-0.3, -0.25) is 9.78 Å². The normalized spacial score (nSPS) is 14.0. The minimum Gasteiger partial charge on any atom is -0.493 e. The summed E-state index contributed by atoms with van der Waals surface area (Å²) in [5.74, 6) is 2.79. The summed E-state index contributed by atoms with van der Waals surface area (Å²) in [6.07, 6.45) is 9.52. The molecule has 4 aromatic rings. The zero-order valence-electron chi connectivity index (χ0n) is 28.6. The van der Waals surface area contributed by atoms with Crippen LogP contribution in [-0.2, 0) is 13.0 Å². The molecule has 9 nitrogen and oxygen atoms in total. The van der Waals surface area contributed by atoms with E-state index in [1.165, 1.54) is 24.8 Å². The first kappa shape index (κ1) is 34.1. The molecule has 0 aliphatic carbocycles. The number of piperidine rings is 1. The molecule has 1 aliphatic heterocycles. The van der Waals surface area contributed by atoms with Crippen molar-refractivity contribution < 1.29 is 18.8 Å². The first-order valence-electron chi connectivity index (χ1n) is 17.0. The zero-order chi connectivity index (χ0) is 33.2. The fourth-order valence-electron chi connectivity index (χ4n) is 6.07. The van der Waals surface area contributed by atoms with E-state index >= 15 is 0 Å². The van der Waals surface area contributed by atoms with Crippen molar-refractivity contribution in [2.75, 3.05) is 33.9 Å². The number of hydrogen-bond acceptors (Lipinski definition) is 8. The first-order chi connectivity index (χ1) is 22.9. The van der Waals surface area contributed by atoms with Gasteiger partial charge in [0.2, 0.25) is 5.82 Å². The molecule has 0 N–H and O–H groups in total. The third kappa shape index (κ3) is 8.98. The number of methoxy groups -OCH3 is 2. The van der Waals surface area contributed by atoms with Crippen LogP contribution in [0.25, 0.3) is 22.8 Å². The molecule has 3 heterocycles. The molecule has 0 bridgehead atoms. The number of carbonyl (C=O) groups is 1. The molecule has 250 valence electrons. The standard InChI is InChI=1S/C38H49N5O4/c1-6-7-8-9-28-12-16-33(39-25-28)38(44)43(32-19-22-42(23-20-32)21-18-27(2)3)26-29-10-13-30(14-11-29)36-40-37(47-41-36)31-15-17-34(45-4)35(24-31)46-5/h10-17,24-25,27,32H,6-9,18-23,26H2,1-5H3. The van der Waals surface area contributed by atoms with E-state index in [0.717, 1.165) is 62.0 Å². The van der Waals surface area contributed by atoms with Crippen LogP contribution in [0.2, 0.25) is 0 Å². The summed E-state index contributed by atoms with van der Waals surface area (Å²) in [6, 6.07) is 17.7. The van der Waals surface area contributed by atoms with E-state index in [0.29, 0.717) is 41.4 Å². The number of hydrogen-bond donors (Lipinski definition) is 0. The predicted octanol–water partition coefficient (Wildman–Crippen LogP) is 7.70. The highest BCUT2D eigenvalue weighted by atomic mass is 16.5. The summed E-state index contributed by atoms with van der Waals surface area (Å²) < 4.78 is 16.3. The predicted molar refractivity (Wildman–Crippen MR) is 185 cm³/mol. The summed E-state index contributed by atoms with van der Waals surface area (Å²) in [7, 11) is 3.19. The molecule has 47 heavy (non-hydrogen) atoms. The van der Waals surface area contributed by atoms with Gasteiger partial charge in [0.1, 0.15) is 5.69 Å². The minimum absolute atomic E-state index is 0.00690. The molecular formula is C38H49N5O4. The van der Waals surface area contributed by atoms with Crippen molar-refractivity contribution in [3.8, 4) is 34.3 Å². The van der Waals surface area contributed by atoms with Crippen molar-refractivity contribution in [1.82, 2.24) is 24.9 Å². The molecule has 0 saturated carbocycles. The van der Waals surface area contributed by atoms with Gasteiger partial charge in [0.15, 0.2) is 11.5 Å². The Morgan fingerprint density at radius 1 is 0.957 bits per heavy atom. The number of rotatable bonds is 15. The largest absolute Gasteiger partial charge is 0.493 e. The number of pyridine rings is 1. The Kier molecular flexibility index (Phi) is 12.0. The summed E-state index contributed by atoms with van der Waals surface area (Å²) in [5, 5.41) is 4.22. The van der Waals surface area contributed by atoms with Gasteiger partial charge in [-0.1, -0.05) is 69.1 Å². The van der Waals surface area contributed by atoms with Crippen LogP contribution in [0.1, 0.15) is 80.9 Å². The first-order valence-corrected chi connectivity index (χ1v) is 17.0. The fourth-order valence-corrected chi connectivity index (χ4v) is 6.07. The second-order valence-corrected chi connectivity index (χ2v) is 12.9. The molecular weight excluding hydrogens is 590 g/mol. The summed E-state index contributed by atoms with van der Waals surface area (Å²) in [6.45, 7) is 10.4. The van der Waals surface area contributed by atoms with Gasteiger partial charge >= 0.3 is 0 Å². The van der Waals surface area contributed by atoms with Gasteiger partial charge in [0.05, 0.1) is 14.2 Å². The highest BCUT2D eigenvalue weighted by molar-refractivity contribution is 5.92. The Balaban J connectivity index is 1.30. The number of aryl methyl sites for hydroxylation is 1. The number of likely N-dealkylation sites (tertiary alicyclic amines) is 1. The van der Waals surface area contributed by atoms with E-state index in [9.17, 15) is 4.79 Å². The van der Waals surface area contributed by atoms with Crippen molar-refractivity contribution in [1.29, 1.82) is 0 Å². The third-order valence-corrected chi connectivity index (χ3v) is 9.02. The molecule has 5 rings (SSSR count). The molecule has 1 amide bonds. The molecule has 1 saturated heterocycles. The number of aromatic nitrogens is 3. The number of amides is 1. The smallest absolute Gasteiger partial charge is 0.272 e. The zero-order valence-corrected chi connectivity index (χ0v) is 28.6. The van der Waals surface area contributed by atoms with E-state index in [4.69, 9.17) is 14.0 Å². The van der Waals surface area contributed by atoms with Crippen LogP contribution in [0, 0.1) is 5.92 Å². The lowest BCUT2D eigenvalue weighted by molar-refractivity contribution is 0.0540. The van der Waals surface area contributed by atoms with Gasteiger partial charge in [-0.2, -0.15) is 4.98 Å². The van der Waals surface area contributed by atoms with Gasteiger partial charge in [0, 0.05) is 43.0 Å². The molecule has 2 aromatic heterocycles. The van der Waals surface area contributed by atoms with Gasteiger partial charge in [-0.15, -0.1) is 0 Å². The number of unbranched alkanes of at least 4 members (excludes halogenated alkanes) is 2. The Morgan fingerprint density at radius 2 is 1.68 bits per heavy atom. The van der Waals surface area contributed by atoms with E-state index in [2.05, 4.69) is 46.9 Å². The van der Waals surface area contributed by atoms with Gasteiger partial charge in [-0.05, 0) is 80.0 Å². The van der Waals surface area contributed by atoms with Crippen LogP contribution >= 0.6 is 0 Å². The van der Waals surface area contributed by atoms with E-state index in [1.807, 2.05) is 59.6 Å². The van der Waals surface area contributed by atoms with Crippen LogP contribution < -0.4 is 9.47 Å². The lowest BCUT2D eigenvalue weighted by atomic mass is 10.00. The second kappa shape index (κ2) is 16.5. The van der Waals surface area contributed by atoms with Crippen molar-refractivity contribution in [3.05, 3.63) is 77.6 Å². The molecule has 0 spiro atoms.